The molecule has 0 aromatic heterocycles. The average Bonchev–Trinajstić information content (AvgIpc) is 2.25. The molecule has 0 radical (unpaired) electrons. The van der Waals surface area contributed by atoms with Gasteiger partial charge >= 0.3 is 5.97 Å². The van der Waals surface area contributed by atoms with Crippen LogP contribution in [0.2, 0.25) is 0 Å². The number of hydrogen-bond donors (Lipinski definition) is 0. The van der Waals surface area contributed by atoms with Crippen molar-refractivity contribution >= 4 is 16.0 Å². The third-order valence-electron chi connectivity index (χ3n) is 2.82. The third kappa shape index (κ3) is 5.18. The van der Waals surface area contributed by atoms with Gasteiger partial charge in [0.2, 0.25) is 10.0 Å². The lowest BCUT2D eigenvalue weighted by Gasteiger charge is -2.28. The summed E-state index contributed by atoms with van der Waals surface area (Å²) in [6, 6.07) is 0. The summed E-state index contributed by atoms with van der Waals surface area (Å²) >= 11 is 0. The van der Waals surface area contributed by atoms with Crippen molar-refractivity contribution in [3.63, 3.8) is 0 Å². The minimum atomic E-state index is -3.08. The predicted molar refractivity (Wildman–Crippen MR) is 69.5 cm³/mol. The maximum atomic E-state index is 11.3. The molecule has 0 N–H and O–H groups in total. The fourth-order valence-corrected chi connectivity index (χ4v) is 2.76. The number of carbonyl (C=O) groups is 1. The molecule has 6 heteroatoms. The maximum absolute atomic E-state index is 11.3. The van der Waals surface area contributed by atoms with Crippen molar-refractivity contribution in [3.05, 3.63) is 12.2 Å². The van der Waals surface area contributed by atoms with Gasteiger partial charge in [0.25, 0.3) is 0 Å². The maximum Gasteiger partial charge on any atom is 0.330 e. The number of carbonyl (C=O) groups excluding carboxylic acids is 1. The van der Waals surface area contributed by atoms with E-state index in [1.54, 1.807) is 13.8 Å². The topological polar surface area (TPSA) is 63.7 Å². The molecule has 18 heavy (non-hydrogen) atoms. The van der Waals surface area contributed by atoms with Gasteiger partial charge in [0.05, 0.1) is 12.4 Å². The quantitative estimate of drug-likeness (QED) is 0.570. The molecule has 5 nitrogen and oxygen atoms in total. The van der Waals surface area contributed by atoms with Crippen LogP contribution in [0, 0.1) is 5.92 Å². The Morgan fingerprint density at radius 3 is 2.33 bits per heavy atom. The highest BCUT2D eigenvalue weighted by atomic mass is 32.2. The van der Waals surface area contributed by atoms with E-state index in [0.717, 1.165) is 12.8 Å². The van der Waals surface area contributed by atoms with Gasteiger partial charge in [-0.2, -0.15) is 0 Å². The number of ether oxygens (including phenoxy) is 1. The molecule has 104 valence electrons. The van der Waals surface area contributed by atoms with Crippen molar-refractivity contribution in [2.45, 2.75) is 32.8 Å². The highest BCUT2D eigenvalue weighted by molar-refractivity contribution is 7.88. The van der Waals surface area contributed by atoms with Crippen LogP contribution in [0.25, 0.3) is 0 Å². The van der Waals surface area contributed by atoms with Gasteiger partial charge in [0.1, 0.15) is 0 Å². The third-order valence-corrected chi connectivity index (χ3v) is 4.13. The summed E-state index contributed by atoms with van der Waals surface area (Å²) in [7, 11) is -3.08. The molecule has 0 aromatic carbocycles. The molecule has 0 aromatic rings. The van der Waals surface area contributed by atoms with Gasteiger partial charge in [-0.05, 0) is 32.6 Å². The summed E-state index contributed by atoms with van der Waals surface area (Å²) in [6.45, 7) is 4.65. The van der Waals surface area contributed by atoms with Crippen LogP contribution in [0.1, 0.15) is 26.7 Å². The Morgan fingerprint density at radius 2 is 1.89 bits per heavy atom. The van der Waals surface area contributed by atoms with Crippen LogP contribution < -0.4 is 0 Å². The lowest BCUT2D eigenvalue weighted by atomic mass is 9.98. The standard InChI is InChI=1S/C12H21NO4S/c1-10(2)17-12(14)5-4-11-6-8-13(9-7-11)18(3,15)16/h4-5,10-11H,6-9H2,1-3H3/b5-4+. The second kappa shape index (κ2) is 6.33. The number of esters is 1. The fourth-order valence-electron chi connectivity index (χ4n) is 1.89. The van der Waals surface area contributed by atoms with Crippen LogP contribution in [-0.2, 0) is 19.6 Å². The minimum Gasteiger partial charge on any atom is -0.460 e. The minimum absolute atomic E-state index is 0.116. The van der Waals surface area contributed by atoms with Crippen LogP contribution in [0.3, 0.4) is 0 Å². The zero-order valence-corrected chi connectivity index (χ0v) is 11.9. The van der Waals surface area contributed by atoms with Crippen molar-refractivity contribution in [2.24, 2.45) is 5.92 Å². The Morgan fingerprint density at radius 1 is 1.33 bits per heavy atom. The van der Waals surface area contributed by atoms with Gasteiger partial charge in [-0.1, -0.05) is 6.08 Å². The molecule has 1 saturated heterocycles. The molecule has 0 amide bonds. The summed E-state index contributed by atoms with van der Waals surface area (Å²) in [6.07, 6.45) is 5.87. The lowest BCUT2D eigenvalue weighted by Crippen LogP contribution is -2.37. The number of hydrogen-bond acceptors (Lipinski definition) is 4. The number of nitrogens with zero attached hydrogens (tertiary/aromatic N) is 1. The summed E-state index contributed by atoms with van der Waals surface area (Å²) in [5, 5.41) is 0. The summed E-state index contributed by atoms with van der Waals surface area (Å²) in [4.78, 5) is 11.3. The Balaban J connectivity index is 2.40. The smallest absolute Gasteiger partial charge is 0.330 e. The molecule has 1 aliphatic rings. The number of rotatable bonds is 4. The number of piperidine rings is 1. The van der Waals surface area contributed by atoms with Crippen molar-refractivity contribution in [3.8, 4) is 0 Å². The highest BCUT2D eigenvalue weighted by Gasteiger charge is 2.23. The molecule has 0 saturated carbocycles. The summed E-state index contributed by atoms with van der Waals surface area (Å²) in [5.41, 5.74) is 0. The van der Waals surface area contributed by atoms with Crippen LogP contribution in [-0.4, -0.2) is 44.1 Å². The Labute approximate surface area is 109 Å². The van der Waals surface area contributed by atoms with E-state index in [0.29, 0.717) is 13.1 Å². The summed E-state index contributed by atoms with van der Waals surface area (Å²) in [5.74, 6) is -0.0849. The number of allylic oxidation sites excluding steroid dienone is 1. The van der Waals surface area contributed by atoms with Gasteiger partial charge in [0, 0.05) is 19.2 Å². The molecule has 0 aliphatic carbocycles. The van der Waals surface area contributed by atoms with E-state index in [-0.39, 0.29) is 18.0 Å². The van der Waals surface area contributed by atoms with E-state index in [1.165, 1.54) is 16.6 Å². The molecular formula is C12H21NO4S. The van der Waals surface area contributed by atoms with Crippen molar-refractivity contribution in [1.29, 1.82) is 0 Å². The van der Waals surface area contributed by atoms with Gasteiger partial charge in [-0.25, -0.2) is 17.5 Å². The molecule has 0 spiro atoms. The largest absolute Gasteiger partial charge is 0.460 e. The molecule has 0 atom stereocenters. The van der Waals surface area contributed by atoms with E-state index in [9.17, 15) is 13.2 Å². The van der Waals surface area contributed by atoms with Gasteiger partial charge in [-0.3, -0.25) is 0 Å². The monoisotopic (exact) mass is 275 g/mol. The molecule has 0 bridgehead atoms. The first kappa shape index (κ1) is 15.2. The van der Waals surface area contributed by atoms with E-state index in [1.807, 2.05) is 6.08 Å². The van der Waals surface area contributed by atoms with Gasteiger partial charge in [-0.15, -0.1) is 0 Å². The lowest BCUT2D eigenvalue weighted by molar-refractivity contribution is -0.141. The molecule has 0 unspecified atom stereocenters. The van der Waals surface area contributed by atoms with Crippen LogP contribution in [0.5, 0.6) is 0 Å². The van der Waals surface area contributed by atoms with Crippen LogP contribution in [0.4, 0.5) is 0 Å². The molecule has 1 aliphatic heterocycles. The van der Waals surface area contributed by atoms with Crippen LogP contribution >= 0.6 is 0 Å². The molecule has 1 rings (SSSR count). The van der Waals surface area contributed by atoms with Crippen molar-refractivity contribution in [2.75, 3.05) is 19.3 Å². The highest BCUT2D eigenvalue weighted by Crippen LogP contribution is 2.20. The van der Waals surface area contributed by atoms with E-state index < -0.39 is 10.0 Å². The van der Waals surface area contributed by atoms with Gasteiger partial charge in [0.15, 0.2) is 0 Å². The van der Waals surface area contributed by atoms with E-state index in [2.05, 4.69) is 0 Å². The first-order chi connectivity index (χ1) is 8.29. The Bertz CT molecular complexity index is 406. The predicted octanol–water partition coefficient (Wildman–Crippen LogP) is 1.17. The average molecular weight is 275 g/mol. The molecular weight excluding hydrogens is 254 g/mol. The SMILES string of the molecule is CC(C)OC(=O)/C=C/C1CCN(S(C)(=O)=O)CC1. The zero-order valence-electron chi connectivity index (χ0n) is 11.1. The number of sulfonamides is 1. The second-order valence-corrected chi connectivity index (χ2v) is 6.83. The normalized spacial score (nSPS) is 19.6. The van der Waals surface area contributed by atoms with E-state index in [4.69, 9.17) is 4.74 Å². The molecule has 1 heterocycles. The zero-order chi connectivity index (χ0) is 13.8. The first-order valence-corrected chi connectivity index (χ1v) is 7.98. The Kier molecular flexibility index (Phi) is 5.34. The van der Waals surface area contributed by atoms with Gasteiger partial charge < -0.3 is 4.74 Å². The van der Waals surface area contributed by atoms with Crippen molar-refractivity contribution in [1.82, 2.24) is 4.31 Å². The van der Waals surface area contributed by atoms with E-state index >= 15 is 0 Å². The van der Waals surface area contributed by atoms with Crippen molar-refractivity contribution < 1.29 is 17.9 Å². The summed E-state index contributed by atoms with van der Waals surface area (Å²) < 4.78 is 29.1. The van der Waals surface area contributed by atoms with Crippen LogP contribution in [0.15, 0.2) is 12.2 Å². The first-order valence-electron chi connectivity index (χ1n) is 6.13. The Hall–Kier alpha value is -0.880. The second-order valence-electron chi connectivity index (χ2n) is 4.84. The fraction of sp³-hybridized carbons (Fsp3) is 0.750. The molecule has 1 fully saturated rings.